The van der Waals surface area contributed by atoms with Crippen LogP contribution in [0.1, 0.15) is 42.6 Å². The second-order valence-corrected chi connectivity index (χ2v) is 6.51. The van der Waals surface area contributed by atoms with Crippen LogP contribution in [-0.4, -0.2) is 33.8 Å². The van der Waals surface area contributed by atoms with E-state index in [1.165, 1.54) is 10.7 Å². The first-order valence-corrected chi connectivity index (χ1v) is 8.60. The fraction of sp³-hybridized carbons (Fsp3) is 0.389. The molecule has 0 saturated carbocycles. The first kappa shape index (κ1) is 19.8. The lowest BCUT2D eigenvalue weighted by molar-refractivity contribution is 0.151. The zero-order chi connectivity index (χ0) is 20.6. The van der Waals surface area contributed by atoms with E-state index in [2.05, 4.69) is 15.1 Å². The minimum absolute atomic E-state index is 0.0174. The van der Waals surface area contributed by atoms with Crippen molar-refractivity contribution >= 4 is 17.0 Å². The average Bonchev–Trinajstić information content (AvgIpc) is 3.02. The molecule has 6 nitrogen and oxygen atoms in total. The van der Waals surface area contributed by atoms with Gasteiger partial charge in [-0.05, 0) is 12.5 Å². The van der Waals surface area contributed by atoms with E-state index in [0.717, 1.165) is 12.1 Å². The molecule has 0 amide bonds. The Balaban J connectivity index is 2.24. The fourth-order valence-corrected chi connectivity index (χ4v) is 3.10. The van der Waals surface area contributed by atoms with Gasteiger partial charge >= 0.3 is 0 Å². The molecule has 2 aromatic heterocycles. The van der Waals surface area contributed by atoms with E-state index in [9.17, 15) is 22.4 Å². The zero-order valence-corrected chi connectivity index (χ0v) is 15.5. The molecule has 28 heavy (non-hydrogen) atoms. The number of fused-ring (bicyclic) bond motifs is 1. The topological polar surface area (TPSA) is 66.8 Å². The molecule has 0 saturated heterocycles. The van der Waals surface area contributed by atoms with E-state index in [-0.39, 0.29) is 28.2 Å². The molecule has 0 bridgehead atoms. The number of hydrogen-bond donors (Lipinski definition) is 1. The molecule has 3 aromatic rings. The second kappa shape index (κ2) is 7.61. The van der Waals surface area contributed by atoms with Crippen molar-refractivity contribution in [3.8, 4) is 0 Å². The summed E-state index contributed by atoms with van der Waals surface area (Å²) in [6, 6.07) is 2.42. The third-order valence-electron chi connectivity index (χ3n) is 4.49. The van der Waals surface area contributed by atoms with Crippen LogP contribution in [0.2, 0.25) is 0 Å². The summed E-state index contributed by atoms with van der Waals surface area (Å²) in [5, 5.41) is 4.12. The number of nitrogens with one attached hydrogen (secondary N) is 1. The number of aromatic nitrogens is 4. The number of halogens is 4. The van der Waals surface area contributed by atoms with E-state index in [0.29, 0.717) is 6.42 Å². The Labute approximate surface area is 157 Å². The maximum absolute atomic E-state index is 14.6. The number of nitrogens with zero attached hydrogens (tertiary/aromatic N) is 4. The van der Waals surface area contributed by atoms with Gasteiger partial charge in [0.25, 0.3) is 12.0 Å². The Morgan fingerprint density at radius 2 is 2.00 bits per heavy atom. The van der Waals surface area contributed by atoms with Gasteiger partial charge in [-0.3, -0.25) is 9.78 Å². The largest absolute Gasteiger partial charge is 0.348 e. The molecule has 1 unspecified atom stereocenters. The van der Waals surface area contributed by atoms with Crippen molar-refractivity contribution in [2.75, 3.05) is 19.0 Å². The van der Waals surface area contributed by atoms with Crippen LogP contribution >= 0.6 is 0 Å². The van der Waals surface area contributed by atoms with Crippen molar-refractivity contribution in [3.63, 3.8) is 0 Å². The Morgan fingerprint density at radius 3 is 2.54 bits per heavy atom. The number of aromatic amines is 1. The summed E-state index contributed by atoms with van der Waals surface area (Å²) in [6.07, 6.45) is -2.48. The summed E-state index contributed by atoms with van der Waals surface area (Å²) in [7, 11) is 3.34. The standard InChI is InChI=1S/C18H19F4N5O/c1-4-13(10-6-5-9(15(21)22)7-11(10)20)27-16-14(12(8-19)25-27)17(28)24-18(23-16)26(2)3/h5-7,13,15H,4,8H2,1-3H3,(H,23,24,28). The van der Waals surface area contributed by atoms with Gasteiger partial charge in [0.2, 0.25) is 5.95 Å². The summed E-state index contributed by atoms with van der Waals surface area (Å²) < 4.78 is 55.0. The maximum Gasteiger partial charge on any atom is 0.263 e. The fourth-order valence-electron chi connectivity index (χ4n) is 3.10. The molecular formula is C18H19F4N5O. The number of H-pyrrole nitrogens is 1. The minimum Gasteiger partial charge on any atom is -0.348 e. The predicted molar refractivity (Wildman–Crippen MR) is 97.1 cm³/mol. The van der Waals surface area contributed by atoms with E-state index in [1.54, 1.807) is 25.9 Å². The lowest BCUT2D eigenvalue weighted by atomic mass is 10.0. The highest BCUT2D eigenvalue weighted by atomic mass is 19.3. The highest BCUT2D eigenvalue weighted by molar-refractivity contribution is 5.78. The molecule has 1 N–H and O–H groups in total. The summed E-state index contributed by atoms with van der Waals surface area (Å²) in [5.41, 5.74) is -0.900. The highest BCUT2D eigenvalue weighted by Crippen LogP contribution is 2.30. The number of anilines is 1. The van der Waals surface area contributed by atoms with Gasteiger partial charge < -0.3 is 4.90 Å². The van der Waals surface area contributed by atoms with Crippen LogP contribution < -0.4 is 10.5 Å². The Bertz CT molecular complexity index is 1060. The lowest BCUT2D eigenvalue weighted by Gasteiger charge is -2.19. The molecule has 0 aliphatic rings. The first-order valence-electron chi connectivity index (χ1n) is 8.60. The van der Waals surface area contributed by atoms with Crippen LogP contribution in [0.4, 0.5) is 23.5 Å². The van der Waals surface area contributed by atoms with E-state index >= 15 is 0 Å². The first-order chi connectivity index (χ1) is 13.3. The van der Waals surface area contributed by atoms with Crippen LogP contribution in [0, 0.1) is 5.82 Å². The van der Waals surface area contributed by atoms with E-state index in [4.69, 9.17) is 0 Å². The number of hydrogen-bond acceptors (Lipinski definition) is 4. The minimum atomic E-state index is -2.80. The average molecular weight is 397 g/mol. The number of alkyl halides is 3. The van der Waals surface area contributed by atoms with E-state index < -0.39 is 36.1 Å². The Kier molecular flexibility index (Phi) is 5.39. The smallest absolute Gasteiger partial charge is 0.263 e. The van der Waals surface area contributed by atoms with Gasteiger partial charge in [0.15, 0.2) is 5.65 Å². The van der Waals surface area contributed by atoms with Crippen molar-refractivity contribution < 1.29 is 17.6 Å². The molecule has 0 radical (unpaired) electrons. The number of rotatable bonds is 6. The van der Waals surface area contributed by atoms with Crippen molar-refractivity contribution in [2.45, 2.75) is 32.5 Å². The van der Waals surface area contributed by atoms with Crippen LogP contribution in [0.25, 0.3) is 11.0 Å². The van der Waals surface area contributed by atoms with Crippen molar-refractivity contribution in [1.29, 1.82) is 0 Å². The van der Waals surface area contributed by atoms with Gasteiger partial charge in [0.05, 0.1) is 6.04 Å². The maximum atomic E-state index is 14.6. The van der Waals surface area contributed by atoms with Gasteiger partial charge in [-0.2, -0.15) is 10.1 Å². The van der Waals surface area contributed by atoms with Crippen molar-refractivity contribution in [3.05, 3.63) is 51.2 Å². The van der Waals surface area contributed by atoms with Gasteiger partial charge in [-0.15, -0.1) is 0 Å². The van der Waals surface area contributed by atoms with Crippen LogP contribution in [0.15, 0.2) is 23.0 Å². The molecule has 150 valence electrons. The lowest BCUT2D eigenvalue weighted by Crippen LogP contribution is -2.20. The molecule has 2 heterocycles. The van der Waals surface area contributed by atoms with Gasteiger partial charge in [-0.1, -0.05) is 19.1 Å². The molecule has 1 atom stereocenters. The SMILES string of the molecule is CCC(c1ccc(C(F)F)cc1F)n1nc(CF)c2c(=O)[nH]c(N(C)C)nc21. The zero-order valence-electron chi connectivity index (χ0n) is 15.5. The monoisotopic (exact) mass is 397 g/mol. The normalized spacial score (nSPS) is 12.7. The molecule has 0 aliphatic carbocycles. The third kappa shape index (κ3) is 3.34. The molecule has 0 aliphatic heterocycles. The quantitative estimate of drug-likeness (QED) is 0.644. The summed E-state index contributed by atoms with van der Waals surface area (Å²) >= 11 is 0. The molecular weight excluding hydrogens is 378 g/mol. The predicted octanol–water partition coefficient (Wildman–Crippen LogP) is 3.73. The van der Waals surface area contributed by atoms with Gasteiger partial charge in [0.1, 0.15) is 23.6 Å². The molecule has 1 aromatic carbocycles. The van der Waals surface area contributed by atoms with Crippen molar-refractivity contribution in [1.82, 2.24) is 19.7 Å². The summed E-state index contributed by atoms with van der Waals surface area (Å²) in [4.78, 5) is 20.9. The van der Waals surface area contributed by atoms with Gasteiger partial charge in [-0.25, -0.2) is 22.2 Å². The summed E-state index contributed by atoms with van der Waals surface area (Å²) in [6.45, 7) is 0.743. The summed E-state index contributed by atoms with van der Waals surface area (Å²) in [5.74, 6) is -0.597. The van der Waals surface area contributed by atoms with E-state index in [1.807, 2.05) is 0 Å². The number of benzene rings is 1. The Hall–Kier alpha value is -2.91. The van der Waals surface area contributed by atoms with Crippen LogP contribution in [0.3, 0.4) is 0 Å². The molecule has 0 fully saturated rings. The third-order valence-corrected chi connectivity index (χ3v) is 4.49. The molecule has 0 spiro atoms. The second-order valence-electron chi connectivity index (χ2n) is 6.51. The highest BCUT2D eigenvalue weighted by Gasteiger charge is 2.25. The molecule has 3 rings (SSSR count). The van der Waals surface area contributed by atoms with Crippen molar-refractivity contribution in [2.24, 2.45) is 0 Å². The van der Waals surface area contributed by atoms with Crippen LogP contribution in [-0.2, 0) is 6.67 Å². The van der Waals surface area contributed by atoms with Crippen LogP contribution in [0.5, 0.6) is 0 Å². The molecule has 10 heteroatoms. The Morgan fingerprint density at radius 1 is 1.29 bits per heavy atom. The van der Waals surface area contributed by atoms with Gasteiger partial charge in [0, 0.05) is 25.2 Å².